The summed E-state index contributed by atoms with van der Waals surface area (Å²) in [7, 11) is 0. The number of aliphatic hydroxyl groups excluding tert-OH is 1. The molecule has 3 aliphatic carbocycles. The largest absolute Gasteiger partial charge is 0.508 e. The number of rotatable bonds is 12. The van der Waals surface area contributed by atoms with Gasteiger partial charge >= 0.3 is 12.2 Å². The molecule has 12 rings (SSSR count). The Bertz CT molecular complexity index is 4610. The molecule has 0 aliphatic heterocycles. The Morgan fingerprint density at radius 3 is 1.10 bits per heavy atom. The normalized spacial score (nSPS) is 18.3. The number of ether oxygens (including phenoxy) is 4. The Morgan fingerprint density at radius 2 is 0.765 bits per heavy atom. The second-order valence-electron chi connectivity index (χ2n) is 27.2. The van der Waals surface area contributed by atoms with E-state index in [4.69, 9.17) is 24.7 Å². The van der Waals surface area contributed by atoms with Crippen LogP contribution in [0.4, 0.5) is 49.1 Å². The average Bonchev–Trinajstić information content (AvgIpc) is 0.796. The summed E-state index contributed by atoms with van der Waals surface area (Å²) in [6.07, 6.45) is 12.0. The van der Waals surface area contributed by atoms with Gasteiger partial charge in [0.1, 0.15) is 80.8 Å². The van der Waals surface area contributed by atoms with Crippen molar-refractivity contribution in [3.8, 4) is 17.2 Å². The van der Waals surface area contributed by atoms with Gasteiger partial charge in [-0.05, 0) is 173 Å². The highest BCUT2D eigenvalue weighted by atomic mass is 19.2. The van der Waals surface area contributed by atoms with E-state index >= 15 is 0 Å². The number of nitrogens with two attached hydrogens (primary N) is 1. The third-order valence-corrected chi connectivity index (χ3v) is 16.9. The molecule has 3 aliphatic rings. The first-order valence-electron chi connectivity index (χ1n) is 33.0. The van der Waals surface area contributed by atoms with E-state index in [-0.39, 0.29) is 101 Å². The minimum absolute atomic E-state index is 0.0000383. The summed E-state index contributed by atoms with van der Waals surface area (Å²) in [6.45, 7) is 10.2. The fraction of sp³-hybridized carbons (Fsp3) is 0.397. The van der Waals surface area contributed by atoms with Crippen molar-refractivity contribution in [3.05, 3.63) is 210 Å². The van der Waals surface area contributed by atoms with E-state index in [1.807, 2.05) is 41.5 Å². The molecule has 3 saturated carbocycles. The third kappa shape index (κ3) is 21.0. The van der Waals surface area contributed by atoms with Crippen molar-refractivity contribution in [2.75, 3.05) is 0 Å². The zero-order valence-electron chi connectivity index (χ0n) is 56.7. The first-order valence-corrected chi connectivity index (χ1v) is 33.0. The van der Waals surface area contributed by atoms with Crippen molar-refractivity contribution in [1.82, 2.24) is 39.3 Å². The van der Waals surface area contributed by atoms with Crippen LogP contribution in [0.1, 0.15) is 135 Å². The molecule has 102 heavy (non-hydrogen) atoms. The van der Waals surface area contributed by atoms with Gasteiger partial charge in [-0.1, -0.05) is 0 Å². The van der Waals surface area contributed by atoms with Crippen molar-refractivity contribution in [2.24, 2.45) is 5.73 Å². The maximum Gasteiger partial charge on any atom is 0.407 e. The van der Waals surface area contributed by atoms with E-state index < -0.39 is 86.3 Å². The highest BCUT2D eigenvalue weighted by Gasteiger charge is 2.28. The van der Waals surface area contributed by atoms with Crippen LogP contribution >= 0.6 is 0 Å². The zero-order chi connectivity index (χ0) is 73.9. The monoisotopic (exact) mass is 1430 g/mol. The molecule has 544 valence electrons. The summed E-state index contributed by atoms with van der Waals surface area (Å²) in [5.74, 6) is -8.19. The number of carbonyl (C=O) groups excluding carboxylic acids is 2. The number of halogens is 9. The molecule has 3 heterocycles. The lowest BCUT2D eigenvalue weighted by molar-refractivity contribution is 0.0455. The van der Waals surface area contributed by atoms with Crippen LogP contribution in [-0.4, -0.2) is 98.7 Å². The van der Waals surface area contributed by atoms with Gasteiger partial charge in [-0.2, -0.15) is 15.0 Å². The highest BCUT2D eigenvalue weighted by Crippen LogP contribution is 2.30. The van der Waals surface area contributed by atoms with Crippen LogP contribution in [0.5, 0.6) is 17.2 Å². The molecule has 2 amide bonds. The molecular formula is C73H78F9N9O11. The number of benzene rings is 6. The summed E-state index contributed by atoms with van der Waals surface area (Å²) in [4.78, 5) is 71.0. The topological polar surface area (TPSA) is 266 Å². The molecule has 6 aromatic carbocycles. The number of fused-ring (bicyclic) bond motifs is 3. The van der Waals surface area contributed by atoms with E-state index in [0.717, 1.165) is 70.5 Å². The lowest BCUT2D eigenvalue weighted by Gasteiger charge is -2.30. The number of aromatic nitrogens is 6. The van der Waals surface area contributed by atoms with Gasteiger partial charge in [-0.25, -0.2) is 49.1 Å². The number of alkyl carbamates (subject to hydrolysis) is 2. The van der Waals surface area contributed by atoms with Crippen molar-refractivity contribution < 1.29 is 78.3 Å². The van der Waals surface area contributed by atoms with Gasteiger partial charge in [0.05, 0.1) is 89.6 Å². The number of aliphatic hydroxyl groups is 1. The maximum atomic E-state index is 14.1. The first-order chi connectivity index (χ1) is 48.2. The summed E-state index contributed by atoms with van der Waals surface area (Å²) in [5, 5.41) is 25.1. The van der Waals surface area contributed by atoms with Crippen LogP contribution in [0.25, 0.3) is 32.7 Å². The molecular weight excluding hydrogens is 1350 g/mol. The second-order valence-corrected chi connectivity index (χ2v) is 27.2. The standard InChI is InChI=1S/C26H28F3N3O4.C21H20F3N3O2.C15H9F3N2O2.C11H21NO3/c1-26(2,3)36-25(34)31-16-4-6-17(7-5-16)35-18-8-9-23-19(12-18)24(33)30-14-32(23)13-20-21(28)10-15(27)11-22(20)29;22-12-7-18(23)17(19(24)8-12)10-27-11-26-21(28)16-9-15(5-6-20(16)27)29-14-3-1-13(25)2-4-14;16-8-3-12(17)11(13(18)4-8)6-20-7-19-15(22)10-5-9(21)1-2-14(10)20;1-11(2,3)15-10(14)12-8-4-6-9(13)7-5-8/h8-12,14,16-17H,4-7,13H2,1-3H3,(H,31,34);5-9,11,13-14H,1-4,10,25H2;1-5,7,21H,6H2;8-9,13H,4-7H2,1-3H3,(H,12,14). The molecule has 3 aromatic heterocycles. The van der Waals surface area contributed by atoms with Crippen molar-refractivity contribution in [2.45, 2.75) is 186 Å². The minimum atomic E-state index is -1.02. The average molecular weight is 1430 g/mol. The number of aromatic hydroxyl groups is 1. The maximum absolute atomic E-state index is 14.1. The molecule has 0 unspecified atom stereocenters. The number of amides is 2. The molecule has 29 heteroatoms. The predicted octanol–water partition coefficient (Wildman–Crippen LogP) is 13.0. The van der Waals surface area contributed by atoms with Gasteiger partial charge in [0.25, 0.3) is 16.7 Å². The van der Waals surface area contributed by atoms with Crippen LogP contribution in [0, 0.1) is 52.4 Å². The van der Waals surface area contributed by atoms with Gasteiger partial charge in [0.15, 0.2) is 0 Å². The van der Waals surface area contributed by atoms with Crippen LogP contribution in [0.2, 0.25) is 0 Å². The van der Waals surface area contributed by atoms with Crippen molar-refractivity contribution in [1.29, 1.82) is 0 Å². The Labute approximate surface area is 579 Å². The molecule has 0 atom stereocenters. The number of carbonyl (C=O) groups is 2. The third-order valence-electron chi connectivity index (χ3n) is 16.9. The Balaban J connectivity index is 0.000000165. The number of nitrogens with zero attached hydrogens (tertiary/aromatic N) is 6. The van der Waals surface area contributed by atoms with Crippen LogP contribution < -0.4 is 42.5 Å². The number of nitrogens with one attached hydrogen (secondary N) is 2. The molecule has 3 fully saturated rings. The van der Waals surface area contributed by atoms with E-state index in [0.29, 0.717) is 77.3 Å². The minimum Gasteiger partial charge on any atom is -0.508 e. The smallest absolute Gasteiger partial charge is 0.407 e. The van der Waals surface area contributed by atoms with E-state index in [1.165, 1.54) is 44.6 Å². The van der Waals surface area contributed by atoms with Gasteiger partial charge in [0, 0.05) is 71.2 Å². The fourth-order valence-electron chi connectivity index (χ4n) is 11.9. The highest BCUT2D eigenvalue weighted by molar-refractivity contribution is 5.81. The molecule has 0 spiro atoms. The van der Waals surface area contributed by atoms with Gasteiger partial charge in [-0.15, -0.1) is 0 Å². The van der Waals surface area contributed by atoms with Crippen LogP contribution in [0.3, 0.4) is 0 Å². The van der Waals surface area contributed by atoms with E-state index in [9.17, 15) is 73.7 Å². The number of hydrogen-bond acceptors (Lipinski definition) is 15. The number of phenols is 1. The van der Waals surface area contributed by atoms with E-state index in [1.54, 1.807) is 36.4 Å². The van der Waals surface area contributed by atoms with Gasteiger partial charge in [0.2, 0.25) is 0 Å². The SMILES string of the molecule is CC(C)(C)OC(=O)NC1CCC(O)CC1.CC(C)(C)OC(=O)NC1CCC(Oc2ccc3c(c2)c(=O)ncn3Cc2c(F)cc(F)cc2F)CC1.NC1CCC(Oc2ccc3c(c2)c(=O)ncn3Cc2c(F)cc(F)cc2F)CC1.O=c1ncn(Cc2c(F)cc(F)cc2F)c2ccc(O)cc12. The summed E-state index contributed by atoms with van der Waals surface area (Å²) < 4.78 is 150. The Hall–Kier alpha value is -10.0. The van der Waals surface area contributed by atoms with Crippen LogP contribution in [0.15, 0.2) is 124 Å². The fourth-order valence-corrected chi connectivity index (χ4v) is 11.9. The van der Waals surface area contributed by atoms with Crippen molar-refractivity contribution in [3.63, 3.8) is 0 Å². The lowest BCUT2D eigenvalue weighted by Crippen LogP contribution is -2.42. The molecule has 0 radical (unpaired) electrons. The zero-order valence-corrected chi connectivity index (χ0v) is 56.7. The van der Waals surface area contributed by atoms with Crippen molar-refractivity contribution >= 4 is 44.9 Å². The molecule has 0 saturated heterocycles. The molecule has 0 bridgehead atoms. The quantitative estimate of drug-likeness (QED) is 0.0712. The second kappa shape index (κ2) is 33.2. The lowest BCUT2D eigenvalue weighted by atomic mass is 9.93. The Kier molecular flexibility index (Phi) is 24.8. The predicted molar refractivity (Wildman–Crippen MR) is 360 cm³/mol. The van der Waals surface area contributed by atoms with Gasteiger partial charge in [-0.3, -0.25) is 14.4 Å². The first kappa shape index (κ1) is 76.2. The van der Waals surface area contributed by atoms with E-state index in [2.05, 4.69) is 25.6 Å². The molecule has 20 nitrogen and oxygen atoms in total. The summed E-state index contributed by atoms with van der Waals surface area (Å²) >= 11 is 0. The van der Waals surface area contributed by atoms with Gasteiger partial charge < -0.3 is 59.2 Å². The number of phenolic OH excluding ortho intramolecular Hbond substituents is 1. The summed E-state index contributed by atoms with van der Waals surface area (Å²) in [5.41, 5.74) is 3.59. The Morgan fingerprint density at radius 1 is 0.461 bits per heavy atom. The number of hydrogen-bond donors (Lipinski definition) is 5. The van der Waals surface area contributed by atoms with Crippen LogP contribution in [-0.2, 0) is 29.1 Å². The molecule has 9 aromatic rings. The molecule has 6 N–H and O–H groups in total. The summed E-state index contributed by atoms with van der Waals surface area (Å²) in [6, 6.07) is 17.8.